The molecule has 2 aromatic rings. The van der Waals surface area contributed by atoms with Crippen LogP contribution in [0.1, 0.15) is 36.7 Å². The molecule has 4 heteroatoms. The zero-order chi connectivity index (χ0) is 14.5. The molecule has 0 aliphatic heterocycles. The van der Waals surface area contributed by atoms with Crippen molar-refractivity contribution in [3.8, 4) is 0 Å². The summed E-state index contributed by atoms with van der Waals surface area (Å²) in [6, 6.07) is 11.1. The maximum absolute atomic E-state index is 4.41. The minimum Gasteiger partial charge on any atom is -0.305 e. The summed E-state index contributed by atoms with van der Waals surface area (Å²) in [6.45, 7) is 5.09. The quantitative estimate of drug-likeness (QED) is 0.765. The minimum atomic E-state index is 0.304. The smallest absolute Gasteiger partial charge is 0.0684 e. The Morgan fingerprint density at radius 1 is 1.20 bits per heavy atom. The van der Waals surface area contributed by atoms with Gasteiger partial charge in [0.05, 0.1) is 5.69 Å². The summed E-state index contributed by atoms with van der Waals surface area (Å²) >= 11 is 6.95. The molecule has 0 saturated heterocycles. The van der Waals surface area contributed by atoms with Gasteiger partial charge in [0.2, 0.25) is 0 Å². The van der Waals surface area contributed by atoms with E-state index in [1.165, 1.54) is 11.1 Å². The van der Waals surface area contributed by atoms with Gasteiger partial charge in [-0.1, -0.05) is 31.2 Å². The van der Waals surface area contributed by atoms with Crippen LogP contribution in [-0.2, 0) is 13.0 Å². The summed E-state index contributed by atoms with van der Waals surface area (Å²) in [5.74, 6) is 0. The third-order valence-electron chi connectivity index (χ3n) is 3.35. The van der Waals surface area contributed by atoms with E-state index in [0.29, 0.717) is 6.04 Å². The zero-order valence-electron chi connectivity index (χ0n) is 11.7. The van der Waals surface area contributed by atoms with Crippen molar-refractivity contribution in [2.24, 2.45) is 0 Å². The predicted octanol–water partition coefficient (Wildman–Crippen LogP) is 5.02. The molecule has 1 aromatic carbocycles. The van der Waals surface area contributed by atoms with Crippen LogP contribution in [0, 0.1) is 0 Å². The molecule has 0 aliphatic rings. The minimum absolute atomic E-state index is 0.304. The molecule has 0 spiro atoms. The van der Waals surface area contributed by atoms with Crippen LogP contribution in [0.25, 0.3) is 0 Å². The van der Waals surface area contributed by atoms with Gasteiger partial charge in [0.1, 0.15) is 0 Å². The van der Waals surface area contributed by atoms with Gasteiger partial charge in [-0.3, -0.25) is 4.98 Å². The first-order chi connectivity index (χ1) is 9.60. The molecule has 106 valence electrons. The van der Waals surface area contributed by atoms with E-state index in [-0.39, 0.29) is 0 Å². The van der Waals surface area contributed by atoms with Crippen molar-refractivity contribution >= 4 is 31.9 Å². The third kappa shape index (κ3) is 4.14. The molecular formula is C16H18Br2N2. The fraction of sp³-hybridized carbons (Fsp3) is 0.312. The van der Waals surface area contributed by atoms with Gasteiger partial charge in [-0.05, 0) is 62.4 Å². The van der Waals surface area contributed by atoms with Crippen LogP contribution >= 0.6 is 31.9 Å². The van der Waals surface area contributed by atoms with E-state index in [1.54, 1.807) is 0 Å². The Kier molecular flexibility index (Phi) is 5.75. The topological polar surface area (TPSA) is 24.9 Å². The number of rotatable bonds is 5. The van der Waals surface area contributed by atoms with Gasteiger partial charge < -0.3 is 5.32 Å². The van der Waals surface area contributed by atoms with E-state index < -0.39 is 0 Å². The van der Waals surface area contributed by atoms with Crippen LogP contribution in [0.2, 0.25) is 0 Å². The first kappa shape index (κ1) is 15.7. The number of nitrogens with zero attached hydrogens (tertiary/aromatic N) is 1. The van der Waals surface area contributed by atoms with Gasteiger partial charge in [-0.2, -0.15) is 0 Å². The first-order valence-corrected chi connectivity index (χ1v) is 8.31. The second kappa shape index (κ2) is 7.34. The molecule has 1 atom stereocenters. The highest BCUT2D eigenvalue weighted by atomic mass is 79.9. The zero-order valence-corrected chi connectivity index (χ0v) is 14.8. The lowest BCUT2D eigenvalue weighted by molar-refractivity contribution is 0.566. The Balaban J connectivity index is 1.98. The van der Waals surface area contributed by atoms with Crippen molar-refractivity contribution in [2.75, 3.05) is 0 Å². The number of nitrogens with one attached hydrogen (secondary N) is 1. The van der Waals surface area contributed by atoms with E-state index >= 15 is 0 Å². The molecule has 0 saturated carbocycles. The van der Waals surface area contributed by atoms with E-state index in [2.05, 4.69) is 80.3 Å². The third-order valence-corrected chi connectivity index (χ3v) is 4.47. The lowest BCUT2D eigenvalue weighted by atomic mass is 10.0. The monoisotopic (exact) mass is 396 g/mol. The number of pyridine rings is 1. The molecule has 0 amide bonds. The molecule has 1 aromatic heterocycles. The standard InChI is InChI=1S/C16H18Br2N2/c1-3-12-4-6-13(7-5-12)11(2)19-10-16-15(18)8-14(17)9-20-16/h4-9,11,19H,3,10H2,1-2H3. The lowest BCUT2D eigenvalue weighted by Crippen LogP contribution is -2.19. The summed E-state index contributed by atoms with van der Waals surface area (Å²) in [5.41, 5.74) is 3.69. The number of aryl methyl sites for hydroxylation is 1. The number of hydrogen-bond acceptors (Lipinski definition) is 2. The lowest BCUT2D eigenvalue weighted by Gasteiger charge is -2.15. The summed E-state index contributed by atoms with van der Waals surface area (Å²) in [6.07, 6.45) is 2.90. The highest BCUT2D eigenvalue weighted by Crippen LogP contribution is 2.20. The Morgan fingerprint density at radius 3 is 2.50 bits per heavy atom. The van der Waals surface area contributed by atoms with Crippen LogP contribution in [0.4, 0.5) is 0 Å². The van der Waals surface area contributed by atoms with Gasteiger partial charge in [-0.25, -0.2) is 0 Å². The Morgan fingerprint density at radius 2 is 1.90 bits per heavy atom. The fourth-order valence-corrected chi connectivity index (χ4v) is 3.11. The second-order valence-corrected chi connectivity index (χ2v) is 6.55. The van der Waals surface area contributed by atoms with E-state index in [0.717, 1.165) is 27.6 Å². The number of aromatic nitrogens is 1. The second-order valence-electron chi connectivity index (χ2n) is 4.78. The highest BCUT2D eigenvalue weighted by molar-refractivity contribution is 9.11. The summed E-state index contributed by atoms with van der Waals surface area (Å²) in [5, 5.41) is 3.51. The maximum atomic E-state index is 4.41. The molecule has 0 radical (unpaired) electrons. The fourth-order valence-electron chi connectivity index (χ4n) is 1.98. The maximum Gasteiger partial charge on any atom is 0.0684 e. The summed E-state index contributed by atoms with van der Waals surface area (Å²) in [4.78, 5) is 4.41. The number of benzene rings is 1. The molecule has 0 bridgehead atoms. The van der Waals surface area contributed by atoms with Crippen LogP contribution in [0.3, 0.4) is 0 Å². The molecule has 1 N–H and O–H groups in total. The van der Waals surface area contributed by atoms with E-state index in [9.17, 15) is 0 Å². The average molecular weight is 398 g/mol. The van der Waals surface area contributed by atoms with Gasteiger partial charge in [0.15, 0.2) is 0 Å². The Bertz CT molecular complexity index is 567. The molecular weight excluding hydrogens is 380 g/mol. The summed E-state index contributed by atoms with van der Waals surface area (Å²) < 4.78 is 2.00. The Hall–Kier alpha value is -0.710. The molecule has 20 heavy (non-hydrogen) atoms. The van der Waals surface area contributed by atoms with E-state index in [1.807, 2.05) is 12.3 Å². The highest BCUT2D eigenvalue weighted by Gasteiger charge is 2.07. The van der Waals surface area contributed by atoms with Crippen molar-refractivity contribution in [1.82, 2.24) is 10.3 Å². The summed E-state index contributed by atoms with van der Waals surface area (Å²) in [7, 11) is 0. The number of hydrogen-bond donors (Lipinski definition) is 1. The van der Waals surface area contributed by atoms with Crippen LogP contribution in [0.5, 0.6) is 0 Å². The van der Waals surface area contributed by atoms with Crippen molar-refractivity contribution < 1.29 is 0 Å². The largest absolute Gasteiger partial charge is 0.305 e. The van der Waals surface area contributed by atoms with E-state index in [4.69, 9.17) is 0 Å². The van der Waals surface area contributed by atoms with Crippen molar-refractivity contribution in [3.05, 3.63) is 62.3 Å². The molecule has 0 fully saturated rings. The van der Waals surface area contributed by atoms with Crippen molar-refractivity contribution in [2.45, 2.75) is 32.9 Å². The first-order valence-electron chi connectivity index (χ1n) is 6.72. The molecule has 0 aliphatic carbocycles. The van der Waals surface area contributed by atoms with Gasteiger partial charge in [0, 0.05) is 27.7 Å². The van der Waals surface area contributed by atoms with Crippen LogP contribution in [-0.4, -0.2) is 4.98 Å². The molecule has 2 rings (SSSR count). The van der Waals surface area contributed by atoms with Crippen molar-refractivity contribution in [1.29, 1.82) is 0 Å². The molecule has 2 nitrogen and oxygen atoms in total. The predicted molar refractivity (Wildman–Crippen MR) is 90.7 cm³/mol. The normalized spacial score (nSPS) is 12.4. The molecule has 1 unspecified atom stereocenters. The number of halogens is 2. The average Bonchev–Trinajstić information content (AvgIpc) is 2.46. The van der Waals surface area contributed by atoms with Crippen molar-refractivity contribution in [3.63, 3.8) is 0 Å². The van der Waals surface area contributed by atoms with Crippen LogP contribution < -0.4 is 5.32 Å². The SMILES string of the molecule is CCc1ccc(C(C)NCc2ncc(Br)cc2Br)cc1. The Labute approximate surface area is 137 Å². The molecule has 1 heterocycles. The van der Waals surface area contributed by atoms with Gasteiger partial charge in [0.25, 0.3) is 0 Å². The van der Waals surface area contributed by atoms with Gasteiger partial charge >= 0.3 is 0 Å². The van der Waals surface area contributed by atoms with Crippen LogP contribution in [0.15, 0.2) is 45.5 Å². The van der Waals surface area contributed by atoms with Gasteiger partial charge in [-0.15, -0.1) is 0 Å².